The first kappa shape index (κ1) is 13.7. The summed E-state index contributed by atoms with van der Waals surface area (Å²) in [5.74, 6) is -0.0559. The predicted octanol–water partition coefficient (Wildman–Crippen LogP) is -0.977. The summed E-state index contributed by atoms with van der Waals surface area (Å²) in [6.07, 6.45) is 1.61. The van der Waals surface area contributed by atoms with Crippen LogP contribution < -0.4 is 10.6 Å². The van der Waals surface area contributed by atoms with Gasteiger partial charge in [0.25, 0.3) is 0 Å². The largest absolute Gasteiger partial charge is 0.394 e. The Hall–Kier alpha value is -0.690. The van der Waals surface area contributed by atoms with Gasteiger partial charge in [-0.05, 0) is 12.8 Å². The molecule has 0 aliphatic carbocycles. The molecule has 0 aromatic rings. The van der Waals surface area contributed by atoms with Gasteiger partial charge in [-0.1, -0.05) is 0 Å². The summed E-state index contributed by atoms with van der Waals surface area (Å²) in [4.78, 5) is 12.0. The highest BCUT2D eigenvalue weighted by Crippen LogP contribution is 2.20. The summed E-state index contributed by atoms with van der Waals surface area (Å²) in [5.41, 5.74) is -0.503. The van der Waals surface area contributed by atoms with E-state index in [9.17, 15) is 9.90 Å². The van der Waals surface area contributed by atoms with Gasteiger partial charge in [-0.25, -0.2) is 0 Å². The Morgan fingerprint density at radius 1 is 1.39 bits per heavy atom. The van der Waals surface area contributed by atoms with E-state index in [0.717, 1.165) is 6.54 Å². The highest BCUT2D eigenvalue weighted by molar-refractivity contribution is 5.77. The highest BCUT2D eigenvalue weighted by Gasteiger charge is 2.34. The van der Waals surface area contributed by atoms with Crippen LogP contribution >= 0.6 is 0 Å². The van der Waals surface area contributed by atoms with Crippen LogP contribution in [0.3, 0.4) is 0 Å². The summed E-state index contributed by atoms with van der Waals surface area (Å²) in [6.45, 7) is 3.34. The number of carbonyl (C=O) groups is 1. The first-order valence-electron chi connectivity index (χ1n) is 6.56. The lowest BCUT2D eigenvalue weighted by atomic mass is 9.90. The number of morpholine rings is 1. The summed E-state index contributed by atoms with van der Waals surface area (Å²) >= 11 is 0. The van der Waals surface area contributed by atoms with Crippen LogP contribution in [0.2, 0.25) is 0 Å². The van der Waals surface area contributed by atoms with Gasteiger partial charge in [-0.2, -0.15) is 0 Å². The molecule has 2 aliphatic rings. The summed E-state index contributed by atoms with van der Waals surface area (Å²) in [5, 5.41) is 15.6. The maximum atomic E-state index is 12.0. The van der Waals surface area contributed by atoms with E-state index in [1.807, 2.05) is 0 Å². The average molecular weight is 258 g/mol. The smallest absolute Gasteiger partial charge is 0.223 e. The van der Waals surface area contributed by atoms with Gasteiger partial charge in [0.05, 0.1) is 31.3 Å². The third kappa shape index (κ3) is 3.65. The molecular weight excluding hydrogens is 236 g/mol. The van der Waals surface area contributed by atoms with Crippen LogP contribution in [0.5, 0.6) is 0 Å². The second-order valence-corrected chi connectivity index (χ2v) is 5.00. The number of hydrogen-bond acceptors (Lipinski definition) is 5. The molecule has 2 heterocycles. The number of ether oxygens (including phenoxy) is 2. The molecule has 1 atom stereocenters. The van der Waals surface area contributed by atoms with Crippen molar-refractivity contribution in [3.8, 4) is 0 Å². The molecule has 2 saturated heterocycles. The lowest BCUT2D eigenvalue weighted by Gasteiger charge is -2.36. The van der Waals surface area contributed by atoms with Crippen molar-refractivity contribution < 1.29 is 19.4 Å². The topological polar surface area (TPSA) is 79.8 Å². The molecule has 2 aliphatic heterocycles. The van der Waals surface area contributed by atoms with Gasteiger partial charge in [-0.3, -0.25) is 4.79 Å². The molecule has 104 valence electrons. The SMILES string of the molecule is O=C(CC1CNCCO1)NC1(CO)CCOCC1. The van der Waals surface area contributed by atoms with E-state index in [-0.39, 0.29) is 18.6 Å². The molecule has 0 radical (unpaired) electrons. The van der Waals surface area contributed by atoms with Crippen LogP contribution in [-0.2, 0) is 14.3 Å². The fourth-order valence-electron chi connectivity index (χ4n) is 2.39. The molecule has 18 heavy (non-hydrogen) atoms. The number of amides is 1. The summed E-state index contributed by atoms with van der Waals surface area (Å²) in [7, 11) is 0. The average Bonchev–Trinajstić information content (AvgIpc) is 2.41. The van der Waals surface area contributed by atoms with Crippen molar-refractivity contribution in [3.63, 3.8) is 0 Å². The minimum atomic E-state index is -0.503. The van der Waals surface area contributed by atoms with Crippen LogP contribution in [0.1, 0.15) is 19.3 Å². The predicted molar refractivity (Wildman–Crippen MR) is 65.2 cm³/mol. The van der Waals surface area contributed by atoms with Crippen LogP contribution in [0, 0.1) is 0 Å². The van der Waals surface area contributed by atoms with Gasteiger partial charge in [0.1, 0.15) is 0 Å². The molecule has 1 unspecified atom stereocenters. The first-order chi connectivity index (χ1) is 8.74. The van der Waals surface area contributed by atoms with E-state index in [0.29, 0.717) is 45.6 Å². The van der Waals surface area contributed by atoms with Gasteiger partial charge < -0.3 is 25.2 Å². The monoisotopic (exact) mass is 258 g/mol. The Balaban J connectivity index is 1.81. The zero-order valence-electron chi connectivity index (χ0n) is 10.6. The molecule has 0 aromatic heterocycles. The third-order valence-corrected chi connectivity index (χ3v) is 3.57. The molecule has 0 bridgehead atoms. The molecule has 3 N–H and O–H groups in total. The molecule has 0 spiro atoms. The number of rotatable bonds is 4. The number of carbonyl (C=O) groups excluding carboxylic acids is 1. The van der Waals surface area contributed by atoms with Crippen molar-refractivity contribution in [1.82, 2.24) is 10.6 Å². The van der Waals surface area contributed by atoms with E-state index >= 15 is 0 Å². The second-order valence-electron chi connectivity index (χ2n) is 5.00. The van der Waals surface area contributed by atoms with Gasteiger partial charge in [-0.15, -0.1) is 0 Å². The summed E-state index contributed by atoms with van der Waals surface area (Å²) in [6, 6.07) is 0. The molecule has 2 rings (SSSR count). The van der Waals surface area contributed by atoms with Crippen molar-refractivity contribution >= 4 is 5.91 Å². The molecule has 0 saturated carbocycles. The van der Waals surface area contributed by atoms with Crippen molar-refractivity contribution in [1.29, 1.82) is 0 Å². The lowest BCUT2D eigenvalue weighted by Crippen LogP contribution is -2.55. The van der Waals surface area contributed by atoms with Gasteiger partial charge in [0.2, 0.25) is 5.91 Å². The maximum Gasteiger partial charge on any atom is 0.223 e. The van der Waals surface area contributed by atoms with Crippen LogP contribution in [0.4, 0.5) is 0 Å². The Labute approximate surface area is 107 Å². The zero-order chi connectivity index (χ0) is 12.8. The lowest BCUT2D eigenvalue weighted by molar-refractivity contribution is -0.128. The van der Waals surface area contributed by atoms with E-state index < -0.39 is 5.54 Å². The van der Waals surface area contributed by atoms with Crippen molar-refractivity contribution in [2.45, 2.75) is 30.9 Å². The third-order valence-electron chi connectivity index (χ3n) is 3.57. The fourth-order valence-corrected chi connectivity index (χ4v) is 2.39. The van der Waals surface area contributed by atoms with Gasteiger partial charge in [0, 0.05) is 26.3 Å². The standard InChI is InChI=1S/C12H22N2O4/c15-9-12(1-4-17-5-2-12)14-11(16)7-10-8-13-3-6-18-10/h10,13,15H,1-9H2,(H,14,16). The van der Waals surface area contributed by atoms with E-state index in [1.54, 1.807) is 0 Å². The van der Waals surface area contributed by atoms with E-state index in [4.69, 9.17) is 9.47 Å². The minimum Gasteiger partial charge on any atom is -0.394 e. The molecule has 1 amide bonds. The molecule has 6 heteroatoms. The number of nitrogens with one attached hydrogen (secondary N) is 2. The van der Waals surface area contributed by atoms with Crippen LogP contribution in [0.15, 0.2) is 0 Å². The van der Waals surface area contributed by atoms with Gasteiger partial charge in [0.15, 0.2) is 0 Å². The Kier molecular flexibility index (Phi) is 4.94. The highest BCUT2D eigenvalue weighted by atomic mass is 16.5. The quantitative estimate of drug-likeness (QED) is 0.604. The number of aliphatic hydroxyl groups excluding tert-OH is 1. The molecule has 6 nitrogen and oxygen atoms in total. The number of hydrogen-bond donors (Lipinski definition) is 3. The van der Waals surface area contributed by atoms with Crippen LogP contribution in [-0.4, -0.2) is 62.2 Å². The van der Waals surface area contributed by atoms with Crippen molar-refractivity contribution in [2.24, 2.45) is 0 Å². The first-order valence-corrected chi connectivity index (χ1v) is 6.56. The maximum absolute atomic E-state index is 12.0. The molecule has 2 fully saturated rings. The molecular formula is C12H22N2O4. The second kappa shape index (κ2) is 6.47. The van der Waals surface area contributed by atoms with Gasteiger partial charge >= 0.3 is 0 Å². The minimum absolute atomic E-state index is 0.0358. The fraction of sp³-hybridized carbons (Fsp3) is 0.917. The van der Waals surface area contributed by atoms with Crippen LogP contribution in [0.25, 0.3) is 0 Å². The normalized spacial score (nSPS) is 27.7. The van der Waals surface area contributed by atoms with Crippen molar-refractivity contribution in [3.05, 3.63) is 0 Å². The Morgan fingerprint density at radius 2 is 2.17 bits per heavy atom. The van der Waals surface area contributed by atoms with E-state index in [1.165, 1.54) is 0 Å². The van der Waals surface area contributed by atoms with E-state index in [2.05, 4.69) is 10.6 Å². The zero-order valence-corrected chi connectivity index (χ0v) is 10.6. The Bertz CT molecular complexity index is 273. The molecule has 0 aromatic carbocycles. The Morgan fingerprint density at radius 3 is 2.78 bits per heavy atom. The van der Waals surface area contributed by atoms with Crippen molar-refractivity contribution in [2.75, 3.05) is 39.5 Å². The number of aliphatic hydroxyl groups is 1. The summed E-state index contributed by atoms with van der Waals surface area (Å²) < 4.78 is 10.8.